The van der Waals surface area contributed by atoms with Gasteiger partial charge in [-0.1, -0.05) is 0 Å². The Morgan fingerprint density at radius 1 is 0.667 bits per heavy atom. The molecule has 0 heterocycles. The maximum absolute atomic E-state index is 11.4. The van der Waals surface area contributed by atoms with Gasteiger partial charge in [-0.2, -0.15) is 26.3 Å². The van der Waals surface area contributed by atoms with E-state index >= 15 is 0 Å². The van der Waals surface area contributed by atoms with E-state index in [0.29, 0.717) is 0 Å². The Hall–Kier alpha value is 0.0800. The minimum Gasteiger partial charge on any atom is -0.327 e. The first-order valence-corrected chi connectivity index (χ1v) is 4.68. The van der Waals surface area contributed by atoms with Gasteiger partial charge < -0.3 is 11.5 Å². The van der Waals surface area contributed by atoms with Crippen LogP contribution in [0.3, 0.4) is 0 Å². The van der Waals surface area contributed by atoms with Gasteiger partial charge in [-0.05, 0) is 12.8 Å². The highest BCUT2D eigenvalue weighted by Gasteiger charge is 2.54. The van der Waals surface area contributed by atoms with Crippen LogP contribution < -0.4 is 11.5 Å². The zero-order chi connectivity index (χ0) is 12.7. The van der Waals surface area contributed by atoms with E-state index < -0.39 is 36.3 Å². The number of rotatable bonds is 0. The second-order valence-corrected chi connectivity index (χ2v) is 4.10. The number of hydrogen-bond donors (Lipinski definition) is 2. The molecule has 0 spiro atoms. The third-order valence-corrected chi connectivity index (χ3v) is 2.52. The first kappa shape index (κ1) is 20.4. The lowest BCUT2D eigenvalue weighted by atomic mass is 10.4. The van der Waals surface area contributed by atoms with Crippen LogP contribution in [0, 0.1) is 11.8 Å². The fourth-order valence-corrected chi connectivity index (χ4v) is 1.18. The number of hydrogen-bond acceptors (Lipinski definition) is 2. The molecule has 2 aliphatic rings. The van der Waals surface area contributed by atoms with E-state index in [9.17, 15) is 26.3 Å². The van der Waals surface area contributed by atoms with Crippen molar-refractivity contribution in [2.24, 2.45) is 23.3 Å². The van der Waals surface area contributed by atoms with Gasteiger partial charge in [0.15, 0.2) is 0 Å². The van der Waals surface area contributed by atoms with Gasteiger partial charge in [0.1, 0.15) is 0 Å². The van der Waals surface area contributed by atoms with Gasteiger partial charge >= 0.3 is 12.4 Å². The second-order valence-electron chi connectivity index (χ2n) is 4.10. The molecule has 112 valence electrons. The van der Waals surface area contributed by atoms with Crippen LogP contribution in [-0.2, 0) is 0 Å². The minimum atomic E-state index is -4.04. The van der Waals surface area contributed by atoms with Gasteiger partial charge in [-0.15, -0.1) is 24.8 Å². The quantitative estimate of drug-likeness (QED) is 0.674. The molecule has 0 unspecified atom stereocenters. The van der Waals surface area contributed by atoms with Crippen molar-refractivity contribution in [1.29, 1.82) is 0 Å². The molecule has 0 bridgehead atoms. The molecule has 0 radical (unpaired) electrons. The molecule has 0 aromatic carbocycles. The summed E-state index contributed by atoms with van der Waals surface area (Å²) in [6.45, 7) is 0. The summed E-state index contributed by atoms with van der Waals surface area (Å²) in [7, 11) is 0. The van der Waals surface area contributed by atoms with E-state index in [0.717, 1.165) is 0 Å². The van der Waals surface area contributed by atoms with Crippen molar-refractivity contribution < 1.29 is 26.3 Å². The number of halogens is 8. The van der Waals surface area contributed by atoms with Crippen LogP contribution in [0.15, 0.2) is 0 Å². The third kappa shape index (κ3) is 6.31. The normalized spacial score (nSPS) is 33.3. The highest BCUT2D eigenvalue weighted by molar-refractivity contribution is 5.85. The van der Waals surface area contributed by atoms with E-state index in [1.807, 2.05) is 0 Å². The Kier molecular flexibility index (Phi) is 7.36. The summed E-state index contributed by atoms with van der Waals surface area (Å²) in [5.41, 5.74) is 9.87. The zero-order valence-electron chi connectivity index (χ0n) is 8.96. The molecule has 18 heavy (non-hydrogen) atoms. The molecule has 10 heteroatoms. The maximum atomic E-state index is 11.4. The monoisotopic (exact) mass is 322 g/mol. The summed E-state index contributed by atoms with van der Waals surface area (Å²) in [5.74, 6) is -2.41. The molecule has 0 aliphatic heterocycles. The lowest BCUT2D eigenvalue weighted by Gasteiger charge is -2.01. The van der Waals surface area contributed by atoms with Gasteiger partial charge in [-0.25, -0.2) is 0 Å². The van der Waals surface area contributed by atoms with Crippen LogP contribution in [0.1, 0.15) is 12.8 Å². The average Bonchev–Trinajstić information content (AvgIpc) is 2.86. The van der Waals surface area contributed by atoms with Crippen LogP contribution in [0.4, 0.5) is 26.3 Å². The molecule has 2 fully saturated rings. The lowest BCUT2D eigenvalue weighted by molar-refractivity contribution is -0.149. The Balaban J connectivity index is 0. The second kappa shape index (κ2) is 6.49. The summed E-state index contributed by atoms with van der Waals surface area (Å²) < 4.78 is 68.5. The van der Waals surface area contributed by atoms with E-state index in [2.05, 4.69) is 0 Å². The number of alkyl halides is 6. The van der Waals surface area contributed by atoms with Gasteiger partial charge in [0, 0.05) is 12.1 Å². The molecule has 2 aliphatic carbocycles. The predicted octanol–water partition coefficient (Wildman–Crippen LogP) is 2.64. The first-order valence-electron chi connectivity index (χ1n) is 4.68. The van der Waals surface area contributed by atoms with E-state index in [4.69, 9.17) is 11.5 Å². The first-order chi connectivity index (χ1) is 7.03. The molecule has 0 aromatic rings. The van der Waals surface area contributed by atoms with E-state index in [1.54, 1.807) is 0 Å². The summed E-state index contributed by atoms with van der Waals surface area (Å²) in [5, 5.41) is 0. The fraction of sp³-hybridized carbons (Fsp3) is 1.00. The molecular formula is C8H14Cl2F6N2. The topological polar surface area (TPSA) is 52.0 Å². The summed E-state index contributed by atoms with van der Waals surface area (Å²) in [4.78, 5) is 0. The molecule has 2 nitrogen and oxygen atoms in total. The predicted molar refractivity (Wildman–Crippen MR) is 58.8 cm³/mol. The van der Waals surface area contributed by atoms with Crippen LogP contribution in [0.25, 0.3) is 0 Å². The van der Waals surface area contributed by atoms with Crippen LogP contribution in [0.2, 0.25) is 0 Å². The molecule has 0 amide bonds. The molecule has 2 rings (SSSR count). The van der Waals surface area contributed by atoms with Crippen molar-refractivity contribution in [1.82, 2.24) is 0 Å². The maximum Gasteiger partial charge on any atom is 0.393 e. The van der Waals surface area contributed by atoms with Crippen LogP contribution in [-0.4, -0.2) is 24.4 Å². The standard InChI is InChI=1S/2C4H6F3N.2ClH/c2*5-4(6,7)2-1-3(2)8;;/h2*2-3H,1,8H2;2*1H/t2*2-,3-;;/m10../s1. The van der Waals surface area contributed by atoms with Gasteiger partial charge in [-0.3, -0.25) is 0 Å². The van der Waals surface area contributed by atoms with E-state index in [-0.39, 0.29) is 37.7 Å². The Morgan fingerprint density at radius 2 is 0.833 bits per heavy atom. The molecule has 2 saturated carbocycles. The highest BCUT2D eigenvalue weighted by Crippen LogP contribution is 2.43. The summed E-state index contributed by atoms with van der Waals surface area (Å²) >= 11 is 0. The van der Waals surface area contributed by atoms with Crippen molar-refractivity contribution >= 4 is 24.8 Å². The Bertz CT molecular complexity index is 231. The van der Waals surface area contributed by atoms with Crippen molar-refractivity contribution in [2.45, 2.75) is 37.3 Å². The third-order valence-electron chi connectivity index (χ3n) is 2.52. The van der Waals surface area contributed by atoms with Crippen molar-refractivity contribution in [2.75, 3.05) is 0 Å². The van der Waals surface area contributed by atoms with Crippen molar-refractivity contribution in [3.8, 4) is 0 Å². The molecule has 4 atom stereocenters. The largest absolute Gasteiger partial charge is 0.393 e. The smallest absolute Gasteiger partial charge is 0.327 e. The van der Waals surface area contributed by atoms with Crippen molar-refractivity contribution in [3.05, 3.63) is 0 Å². The average molecular weight is 323 g/mol. The molecule has 4 N–H and O–H groups in total. The van der Waals surface area contributed by atoms with Crippen molar-refractivity contribution in [3.63, 3.8) is 0 Å². The number of nitrogens with two attached hydrogens (primary N) is 2. The SMILES string of the molecule is Cl.Cl.N[C@@H]1C[C@H]1C(F)(F)F.N[C@H]1C[C@@H]1C(F)(F)F. The fourth-order valence-electron chi connectivity index (χ4n) is 1.18. The van der Waals surface area contributed by atoms with Gasteiger partial charge in [0.25, 0.3) is 0 Å². The van der Waals surface area contributed by atoms with E-state index in [1.165, 1.54) is 0 Å². The summed E-state index contributed by atoms with van der Waals surface area (Å²) in [6.07, 6.45) is -7.86. The Morgan fingerprint density at radius 3 is 0.833 bits per heavy atom. The van der Waals surface area contributed by atoms with Crippen LogP contribution in [0.5, 0.6) is 0 Å². The molecule has 0 saturated heterocycles. The summed E-state index contributed by atoms with van der Waals surface area (Å²) in [6, 6.07) is -1.23. The van der Waals surface area contributed by atoms with Crippen LogP contribution >= 0.6 is 24.8 Å². The highest BCUT2D eigenvalue weighted by atomic mass is 35.5. The zero-order valence-corrected chi connectivity index (χ0v) is 10.6. The van der Waals surface area contributed by atoms with Gasteiger partial charge in [0.05, 0.1) is 11.8 Å². The van der Waals surface area contributed by atoms with Gasteiger partial charge in [0.2, 0.25) is 0 Å². The Labute approximate surface area is 112 Å². The lowest BCUT2D eigenvalue weighted by Crippen LogP contribution is -2.17. The minimum absolute atomic E-state index is 0. The molecular weight excluding hydrogens is 309 g/mol. The molecule has 0 aromatic heterocycles.